The maximum Gasteiger partial charge on any atom is 0.387 e. The molecule has 1 heterocycles. The standard InChI is InChI=1S/C26H25ClF4N2O4S/c27-19-9-7-18(8-10-19)25(36-17-22-23(28)5-2-6-24(22)29)16-32-11-13-33(14-12-32)38(34,35)21-4-1-3-20(15-21)37-26(30)31/h1-10,15,25-26H,11-14,16-17H2. The molecule has 204 valence electrons. The molecule has 1 atom stereocenters. The van der Waals surface area contributed by atoms with E-state index in [1.54, 1.807) is 24.3 Å². The average molecular weight is 573 g/mol. The van der Waals surface area contributed by atoms with Gasteiger partial charge in [0.2, 0.25) is 10.0 Å². The molecule has 3 aromatic carbocycles. The van der Waals surface area contributed by atoms with Crippen LogP contribution in [0.4, 0.5) is 17.6 Å². The third kappa shape index (κ3) is 7.03. The number of piperazine rings is 1. The second-order valence-corrected chi connectivity index (χ2v) is 11.0. The zero-order valence-corrected chi connectivity index (χ0v) is 21.6. The van der Waals surface area contributed by atoms with E-state index in [2.05, 4.69) is 4.74 Å². The second-order valence-electron chi connectivity index (χ2n) is 8.61. The van der Waals surface area contributed by atoms with Crippen LogP contribution >= 0.6 is 11.6 Å². The quantitative estimate of drug-likeness (QED) is 0.301. The van der Waals surface area contributed by atoms with E-state index in [0.29, 0.717) is 24.7 Å². The van der Waals surface area contributed by atoms with Crippen LogP contribution in [-0.4, -0.2) is 57.0 Å². The molecular formula is C26H25ClF4N2O4S. The molecule has 6 nitrogen and oxygen atoms in total. The van der Waals surface area contributed by atoms with Gasteiger partial charge in [0.1, 0.15) is 17.4 Å². The fourth-order valence-corrected chi connectivity index (χ4v) is 5.72. The first-order chi connectivity index (χ1) is 18.1. The summed E-state index contributed by atoms with van der Waals surface area (Å²) in [4.78, 5) is 1.85. The lowest BCUT2D eigenvalue weighted by Crippen LogP contribution is -2.49. The Kier molecular flexibility index (Phi) is 9.27. The van der Waals surface area contributed by atoms with Crippen LogP contribution in [0.2, 0.25) is 5.02 Å². The van der Waals surface area contributed by atoms with Crippen LogP contribution in [0, 0.1) is 11.6 Å². The van der Waals surface area contributed by atoms with E-state index < -0.39 is 34.4 Å². The number of hydrogen-bond donors (Lipinski definition) is 0. The van der Waals surface area contributed by atoms with Crippen molar-refractivity contribution in [1.29, 1.82) is 0 Å². The molecule has 0 radical (unpaired) electrons. The van der Waals surface area contributed by atoms with Crippen LogP contribution in [0.3, 0.4) is 0 Å². The fraction of sp³-hybridized carbons (Fsp3) is 0.308. The number of benzene rings is 3. The molecule has 1 unspecified atom stereocenters. The lowest BCUT2D eigenvalue weighted by atomic mass is 10.1. The van der Waals surface area contributed by atoms with Crippen LogP contribution in [-0.2, 0) is 21.4 Å². The van der Waals surface area contributed by atoms with Gasteiger partial charge in [-0.25, -0.2) is 17.2 Å². The molecule has 0 amide bonds. The average Bonchev–Trinajstić information content (AvgIpc) is 2.88. The molecule has 0 bridgehead atoms. The highest BCUT2D eigenvalue weighted by Gasteiger charge is 2.30. The van der Waals surface area contributed by atoms with Crippen LogP contribution in [0.5, 0.6) is 5.75 Å². The Morgan fingerprint density at radius 1 is 0.895 bits per heavy atom. The van der Waals surface area contributed by atoms with E-state index in [-0.39, 0.29) is 35.9 Å². The molecule has 0 saturated carbocycles. The van der Waals surface area contributed by atoms with Crippen molar-refractivity contribution in [3.63, 3.8) is 0 Å². The Bertz CT molecular complexity index is 1320. The summed E-state index contributed by atoms with van der Waals surface area (Å²) in [5.41, 5.74) is 0.567. The molecule has 1 aliphatic rings. The van der Waals surface area contributed by atoms with E-state index in [1.165, 1.54) is 28.6 Å². The summed E-state index contributed by atoms with van der Waals surface area (Å²) in [5.74, 6) is -1.66. The zero-order valence-electron chi connectivity index (χ0n) is 20.1. The predicted octanol–water partition coefficient (Wildman–Crippen LogP) is 5.48. The molecule has 38 heavy (non-hydrogen) atoms. The first-order valence-corrected chi connectivity index (χ1v) is 13.5. The molecule has 1 fully saturated rings. The Labute approximate surface area is 223 Å². The van der Waals surface area contributed by atoms with Crippen molar-refractivity contribution in [2.45, 2.75) is 24.2 Å². The summed E-state index contributed by atoms with van der Waals surface area (Å²) < 4.78 is 91.1. The number of ether oxygens (including phenoxy) is 2. The smallest absolute Gasteiger partial charge is 0.387 e. The van der Waals surface area contributed by atoms with Gasteiger partial charge in [0, 0.05) is 49.4 Å². The van der Waals surface area contributed by atoms with Gasteiger partial charge >= 0.3 is 6.61 Å². The summed E-state index contributed by atoms with van der Waals surface area (Å²) >= 11 is 6.01. The van der Waals surface area contributed by atoms with Gasteiger partial charge in [-0.05, 0) is 42.0 Å². The highest BCUT2D eigenvalue weighted by molar-refractivity contribution is 7.89. The molecule has 1 aliphatic heterocycles. The second kappa shape index (κ2) is 12.4. The normalized spacial score (nSPS) is 16.1. The third-order valence-corrected chi connectivity index (χ3v) is 8.30. The summed E-state index contributed by atoms with van der Waals surface area (Å²) in [6, 6.07) is 15.5. The van der Waals surface area contributed by atoms with E-state index in [0.717, 1.165) is 23.8 Å². The van der Waals surface area contributed by atoms with Gasteiger partial charge in [-0.15, -0.1) is 0 Å². The van der Waals surface area contributed by atoms with Gasteiger partial charge in [0.25, 0.3) is 0 Å². The molecule has 0 aromatic heterocycles. The van der Waals surface area contributed by atoms with Crippen molar-refractivity contribution in [3.8, 4) is 5.75 Å². The van der Waals surface area contributed by atoms with E-state index in [4.69, 9.17) is 16.3 Å². The van der Waals surface area contributed by atoms with Gasteiger partial charge in [0.15, 0.2) is 0 Å². The van der Waals surface area contributed by atoms with Crippen molar-refractivity contribution < 1.29 is 35.5 Å². The number of hydrogen-bond acceptors (Lipinski definition) is 5. The number of nitrogens with zero attached hydrogens (tertiary/aromatic N) is 2. The van der Waals surface area contributed by atoms with Gasteiger partial charge in [-0.3, -0.25) is 4.90 Å². The molecule has 0 spiro atoms. The predicted molar refractivity (Wildman–Crippen MR) is 134 cm³/mol. The Hall–Kier alpha value is -2.70. The van der Waals surface area contributed by atoms with Gasteiger partial charge in [-0.1, -0.05) is 35.9 Å². The third-order valence-electron chi connectivity index (χ3n) is 6.16. The summed E-state index contributed by atoms with van der Waals surface area (Å²) in [7, 11) is -3.93. The first-order valence-electron chi connectivity index (χ1n) is 11.7. The maximum atomic E-state index is 14.1. The number of rotatable bonds is 10. The zero-order chi connectivity index (χ0) is 27.3. The SMILES string of the molecule is O=S(=O)(c1cccc(OC(F)F)c1)N1CCN(CC(OCc2c(F)cccc2F)c2ccc(Cl)cc2)CC1. The Morgan fingerprint density at radius 3 is 2.16 bits per heavy atom. The first kappa shape index (κ1) is 28.3. The Morgan fingerprint density at radius 2 is 1.53 bits per heavy atom. The molecule has 4 rings (SSSR count). The minimum atomic E-state index is -3.93. The summed E-state index contributed by atoms with van der Waals surface area (Å²) in [6.07, 6.45) is -0.572. The highest BCUT2D eigenvalue weighted by Crippen LogP contribution is 2.27. The van der Waals surface area contributed by atoms with Gasteiger partial charge < -0.3 is 9.47 Å². The number of alkyl halides is 2. The summed E-state index contributed by atoms with van der Waals surface area (Å²) in [6.45, 7) is -2.01. The van der Waals surface area contributed by atoms with Crippen LogP contribution < -0.4 is 4.74 Å². The largest absolute Gasteiger partial charge is 0.435 e. The topological polar surface area (TPSA) is 59.1 Å². The van der Waals surface area contributed by atoms with Crippen molar-refractivity contribution in [2.75, 3.05) is 32.7 Å². The van der Waals surface area contributed by atoms with Crippen molar-refractivity contribution in [1.82, 2.24) is 9.21 Å². The van der Waals surface area contributed by atoms with E-state index in [1.807, 2.05) is 4.90 Å². The maximum absolute atomic E-state index is 14.1. The molecule has 1 saturated heterocycles. The lowest BCUT2D eigenvalue weighted by Gasteiger charge is -2.36. The molecule has 3 aromatic rings. The van der Waals surface area contributed by atoms with Gasteiger partial charge in [0.05, 0.1) is 17.6 Å². The highest BCUT2D eigenvalue weighted by atomic mass is 35.5. The molecule has 12 heteroatoms. The van der Waals surface area contributed by atoms with E-state index in [9.17, 15) is 26.0 Å². The minimum absolute atomic E-state index is 0.140. The van der Waals surface area contributed by atoms with Crippen LogP contribution in [0.1, 0.15) is 17.2 Å². The van der Waals surface area contributed by atoms with Crippen molar-refractivity contribution >= 4 is 21.6 Å². The van der Waals surface area contributed by atoms with Crippen molar-refractivity contribution in [3.05, 3.63) is 94.5 Å². The minimum Gasteiger partial charge on any atom is -0.435 e. The Balaban J connectivity index is 1.43. The van der Waals surface area contributed by atoms with E-state index >= 15 is 0 Å². The summed E-state index contributed by atoms with van der Waals surface area (Å²) in [5, 5.41) is 0.523. The molecule has 0 N–H and O–H groups in total. The van der Waals surface area contributed by atoms with Crippen LogP contribution in [0.25, 0.3) is 0 Å². The van der Waals surface area contributed by atoms with Crippen LogP contribution in [0.15, 0.2) is 71.6 Å². The number of halogens is 5. The lowest BCUT2D eigenvalue weighted by molar-refractivity contribution is -0.0500. The van der Waals surface area contributed by atoms with Gasteiger partial charge in [-0.2, -0.15) is 13.1 Å². The monoisotopic (exact) mass is 572 g/mol. The molecule has 0 aliphatic carbocycles. The fourth-order valence-electron chi connectivity index (χ4n) is 4.13. The number of sulfonamides is 1. The molecular weight excluding hydrogens is 548 g/mol. The van der Waals surface area contributed by atoms with Crippen molar-refractivity contribution in [2.24, 2.45) is 0 Å².